The molecule has 0 saturated carbocycles. The number of hydrogen-bond acceptors (Lipinski definition) is 2. The summed E-state index contributed by atoms with van der Waals surface area (Å²) in [6, 6.07) is 4.99. The van der Waals surface area contributed by atoms with Crippen LogP contribution in [0.5, 0.6) is 0 Å². The number of carbonyl (C=O) groups excluding carboxylic acids is 2. The largest absolute Gasteiger partial charge is 0.352 e. The standard InChI is InChI=1S/C14H18BrClN2O2/c1-3-18(4-2)13(19)5-6-17-14(20)10-7-11(15)9-12(16)8-10/h7-9H,3-6H2,1-2H3,(H,17,20). The lowest BCUT2D eigenvalue weighted by atomic mass is 10.2. The van der Waals surface area contributed by atoms with Crippen LogP contribution in [-0.4, -0.2) is 36.3 Å². The smallest absolute Gasteiger partial charge is 0.251 e. The molecule has 0 unspecified atom stereocenters. The van der Waals surface area contributed by atoms with E-state index in [1.54, 1.807) is 23.1 Å². The zero-order valence-electron chi connectivity index (χ0n) is 11.6. The maximum Gasteiger partial charge on any atom is 0.251 e. The van der Waals surface area contributed by atoms with E-state index in [2.05, 4.69) is 21.2 Å². The van der Waals surface area contributed by atoms with Gasteiger partial charge in [-0.3, -0.25) is 9.59 Å². The van der Waals surface area contributed by atoms with Gasteiger partial charge in [-0.1, -0.05) is 27.5 Å². The van der Waals surface area contributed by atoms with Gasteiger partial charge in [0, 0.05) is 41.1 Å². The molecule has 0 spiro atoms. The van der Waals surface area contributed by atoms with E-state index in [0.717, 1.165) is 4.47 Å². The van der Waals surface area contributed by atoms with Crippen molar-refractivity contribution in [3.05, 3.63) is 33.3 Å². The first-order chi connectivity index (χ1) is 9.47. The van der Waals surface area contributed by atoms with E-state index >= 15 is 0 Å². The van der Waals surface area contributed by atoms with Crippen molar-refractivity contribution in [3.8, 4) is 0 Å². The molecule has 4 nitrogen and oxygen atoms in total. The summed E-state index contributed by atoms with van der Waals surface area (Å²) >= 11 is 9.17. The van der Waals surface area contributed by atoms with Crippen LogP contribution in [0.1, 0.15) is 30.6 Å². The number of benzene rings is 1. The van der Waals surface area contributed by atoms with Gasteiger partial charge in [-0.25, -0.2) is 0 Å². The van der Waals surface area contributed by atoms with Crippen LogP contribution < -0.4 is 5.32 Å². The van der Waals surface area contributed by atoms with Crippen LogP contribution in [0, 0.1) is 0 Å². The molecule has 0 radical (unpaired) electrons. The van der Waals surface area contributed by atoms with Crippen molar-refractivity contribution >= 4 is 39.3 Å². The topological polar surface area (TPSA) is 49.4 Å². The molecule has 6 heteroatoms. The molecule has 1 rings (SSSR count). The Balaban J connectivity index is 2.49. The van der Waals surface area contributed by atoms with Crippen molar-refractivity contribution in [2.75, 3.05) is 19.6 Å². The van der Waals surface area contributed by atoms with E-state index in [4.69, 9.17) is 11.6 Å². The molecular formula is C14H18BrClN2O2. The normalized spacial score (nSPS) is 10.2. The lowest BCUT2D eigenvalue weighted by Crippen LogP contribution is -2.34. The monoisotopic (exact) mass is 360 g/mol. The summed E-state index contributed by atoms with van der Waals surface area (Å²) < 4.78 is 0.745. The summed E-state index contributed by atoms with van der Waals surface area (Å²) in [5, 5.41) is 3.21. The van der Waals surface area contributed by atoms with E-state index in [1.165, 1.54) is 0 Å². The molecule has 1 aromatic rings. The predicted molar refractivity (Wildman–Crippen MR) is 84.0 cm³/mol. The zero-order chi connectivity index (χ0) is 15.1. The highest BCUT2D eigenvalue weighted by molar-refractivity contribution is 9.10. The van der Waals surface area contributed by atoms with Crippen molar-refractivity contribution in [2.24, 2.45) is 0 Å². The van der Waals surface area contributed by atoms with Gasteiger partial charge in [-0.2, -0.15) is 0 Å². The minimum absolute atomic E-state index is 0.0441. The van der Waals surface area contributed by atoms with Crippen molar-refractivity contribution in [3.63, 3.8) is 0 Å². The Bertz CT molecular complexity index is 470. The molecule has 0 aliphatic heterocycles. The van der Waals surface area contributed by atoms with Gasteiger partial charge in [-0.15, -0.1) is 0 Å². The Morgan fingerprint density at radius 3 is 2.45 bits per heavy atom. The number of rotatable bonds is 6. The maximum absolute atomic E-state index is 11.9. The average Bonchev–Trinajstić information content (AvgIpc) is 2.38. The minimum atomic E-state index is -0.236. The molecule has 0 heterocycles. The van der Waals surface area contributed by atoms with Gasteiger partial charge >= 0.3 is 0 Å². The number of hydrogen-bond donors (Lipinski definition) is 1. The summed E-state index contributed by atoms with van der Waals surface area (Å²) in [4.78, 5) is 25.4. The number of carbonyl (C=O) groups is 2. The van der Waals surface area contributed by atoms with Gasteiger partial charge in [0.25, 0.3) is 5.91 Å². The summed E-state index contributed by atoms with van der Waals surface area (Å²) in [7, 11) is 0. The first-order valence-corrected chi connectivity index (χ1v) is 7.67. The van der Waals surface area contributed by atoms with Gasteiger partial charge in [0.2, 0.25) is 5.91 Å². The fourth-order valence-electron chi connectivity index (χ4n) is 1.80. The molecule has 110 valence electrons. The van der Waals surface area contributed by atoms with Gasteiger partial charge in [0.15, 0.2) is 0 Å². The van der Waals surface area contributed by atoms with Gasteiger partial charge in [0.05, 0.1) is 0 Å². The molecule has 1 N–H and O–H groups in total. The van der Waals surface area contributed by atoms with Crippen molar-refractivity contribution in [1.29, 1.82) is 0 Å². The highest BCUT2D eigenvalue weighted by atomic mass is 79.9. The van der Waals surface area contributed by atoms with Gasteiger partial charge in [-0.05, 0) is 32.0 Å². The maximum atomic E-state index is 11.9. The molecule has 0 saturated heterocycles. The van der Waals surface area contributed by atoms with E-state index in [9.17, 15) is 9.59 Å². The van der Waals surface area contributed by atoms with Crippen LogP contribution in [0.4, 0.5) is 0 Å². The second kappa shape index (κ2) is 8.27. The zero-order valence-corrected chi connectivity index (χ0v) is 13.9. The first kappa shape index (κ1) is 17.0. The molecule has 1 aromatic carbocycles. The highest BCUT2D eigenvalue weighted by Crippen LogP contribution is 2.19. The molecule has 0 aromatic heterocycles. The minimum Gasteiger partial charge on any atom is -0.352 e. The summed E-state index contributed by atoms with van der Waals surface area (Å²) in [5.74, 6) is -0.192. The third-order valence-electron chi connectivity index (χ3n) is 2.87. The van der Waals surface area contributed by atoms with E-state index in [1.807, 2.05) is 13.8 Å². The average molecular weight is 362 g/mol. The Hall–Kier alpha value is -1.07. The number of halogens is 2. The lowest BCUT2D eigenvalue weighted by Gasteiger charge is -2.18. The van der Waals surface area contributed by atoms with Gasteiger partial charge in [0.1, 0.15) is 0 Å². The van der Waals surface area contributed by atoms with E-state index in [-0.39, 0.29) is 11.8 Å². The van der Waals surface area contributed by atoms with E-state index < -0.39 is 0 Å². The van der Waals surface area contributed by atoms with Crippen molar-refractivity contribution < 1.29 is 9.59 Å². The fourth-order valence-corrected chi connectivity index (χ4v) is 2.66. The third-order valence-corrected chi connectivity index (χ3v) is 3.54. The van der Waals surface area contributed by atoms with Crippen LogP contribution >= 0.6 is 27.5 Å². The highest BCUT2D eigenvalue weighted by Gasteiger charge is 2.11. The molecule has 0 fully saturated rings. The second-order valence-electron chi connectivity index (χ2n) is 4.23. The molecule has 0 bridgehead atoms. The third kappa shape index (κ3) is 5.13. The summed E-state index contributed by atoms with van der Waals surface area (Å²) in [5.41, 5.74) is 0.472. The summed E-state index contributed by atoms with van der Waals surface area (Å²) in [6.45, 7) is 5.56. The van der Waals surface area contributed by atoms with Crippen LogP contribution in [0.3, 0.4) is 0 Å². The van der Waals surface area contributed by atoms with Crippen molar-refractivity contribution in [1.82, 2.24) is 10.2 Å². The van der Waals surface area contributed by atoms with Crippen LogP contribution in [0.15, 0.2) is 22.7 Å². The fraction of sp³-hybridized carbons (Fsp3) is 0.429. The van der Waals surface area contributed by atoms with E-state index in [0.29, 0.717) is 36.6 Å². The molecule has 0 atom stereocenters. The van der Waals surface area contributed by atoms with Crippen LogP contribution in [0.2, 0.25) is 5.02 Å². The SMILES string of the molecule is CCN(CC)C(=O)CCNC(=O)c1cc(Cl)cc(Br)c1. The Kier molecular flexibility index (Phi) is 7.02. The number of nitrogens with one attached hydrogen (secondary N) is 1. The lowest BCUT2D eigenvalue weighted by molar-refractivity contribution is -0.130. The first-order valence-electron chi connectivity index (χ1n) is 6.50. The molecule has 2 amide bonds. The van der Waals surface area contributed by atoms with Crippen molar-refractivity contribution in [2.45, 2.75) is 20.3 Å². The molecule has 0 aliphatic carbocycles. The second-order valence-corrected chi connectivity index (χ2v) is 5.58. The molecular weight excluding hydrogens is 344 g/mol. The Morgan fingerprint density at radius 2 is 1.90 bits per heavy atom. The molecule has 0 aliphatic rings. The number of amides is 2. The number of nitrogens with zero attached hydrogens (tertiary/aromatic N) is 1. The Morgan fingerprint density at radius 1 is 1.25 bits per heavy atom. The quantitative estimate of drug-likeness (QED) is 0.846. The summed E-state index contributed by atoms with van der Waals surface area (Å²) in [6.07, 6.45) is 0.301. The Labute approximate surface area is 132 Å². The van der Waals surface area contributed by atoms with Crippen LogP contribution in [0.25, 0.3) is 0 Å². The predicted octanol–water partition coefficient (Wildman–Crippen LogP) is 3.09. The molecule has 20 heavy (non-hydrogen) atoms. The van der Waals surface area contributed by atoms with Crippen LogP contribution in [-0.2, 0) is 4.79 Å². The van der Waals surface area contributed by atoms with Gasteiger partial charge < -0.3 is 10.2 Å².